The van der Waals surface area contributed by atoms with Gasteiger partial charge in [0.15, 0.2) is 0 Å². The van der Waals surface area contributed by atoms with Crippen molar-refractivity contribution >= 4 is 23.7 Å². The molecule has 2 aliphatic rings. The molecule has 0 aromatic carbocycles. The molecular weight excluding hydrogens is 442 g/mol. The maximum absolute atomic E-state index is 12.4. The Kier molecular flexibility index (Phi) is 7.75. The summed E-state index contributed by atoms with van der Waals surface area (Å²) in [4.78, 5) is 34.2. The second-order valence-corrected chi connectivity index (χ2v) is 9.12. The highest BCUT2D eigenvalue weighted by molar-refractivity contribution is 6.28. The number of hydrogen-bond donors (Lipinski definition) is 3. The van der Waals surface area contributed by atoms with Crippen molar-refractivity contribution in [2.24, 2.45) is 0 Å². The molecule has 11 nitrogen and oxygen atoms in total. The van der Waals surface area contributed by atoms with Gasteiger partial charge in [-0.2, -0.15) is 4.98 Å². The SMILES string of the molecule is CC1NCCO[C@@H]1c1nc(Cl)nc(OC[C@H]2CN(C(=O)OC(C)(C)C)CCN2)c1C(=O)O. The Morgan fingerprint density at radius 2 is 2.03 bits per heavy atom. The maximum Gasteiger partial charge on any atom is 0.410 e. The Morgan fingerprint density at radius 3 is 2.69 bits per heavy atom. The lowest BCUT2D eigenvalue weighted by atomic mass is 10.0. The monoisotopic (exact) mass is 471 g/mol. The maximum atomic E-state index is 12.4. The third kappa shape index (κ3) is 6.18. The number of ether oxygens (including phenoxy) is 3. The van der Waals surface area contributed by atoms with Gasteiger partial charge >= 0.3 is 12.1 Å². The molecule has 0 spiro atoms. The van der Waals surface area contributed by atoms with Crippen molar-refractivity contribution in [1.82, 2.24) is 25.5 Å². The number of aromatic nitrogens is 2. The molecule has 0 bridgehead atoms. The van der Waals surface area contributed by atoms with E-state index in [1.54, 1.807) is 4.90 Å². The van der Waals surface area contributed by atoms with Crippen LogP contribution >= 0.6 is 11.6 Å². The lowest BCUT2D eigenvalue weighted by Crippen LogP contribution is -2.55. The van der Waals surface area contributed by atoms with E-state index in [0.717, 1.165) is 0 Å². The Balaban J connectivity index is 1.74. The van der Waals surface area contributed by atoms with Crippen LogP contribution in [0.1, 0.15) is 49.9 Å². The van der Waals surface area contributed by atoms with E-state index in [1.165, 1.54) is 0 Å². The highest BCUT2D eigenvalue weighted by Crippen LogP contribution is 2.31. The van der Waals surface area contributed by atoms with Crippen molar-refractivity contribution < 1.29 is 28.9 Å². The summed E-state index contributed by atoms with van der Waals surface area (Å²) in [7, 11) is 0. The van der Waals surface area contributed by atoms with Gasteiger partial charge in [0.1, 0.15) is 23.9 Å². The molecule has 0 radical (unpaired) electrons. The molecular formula is C20H30ClN5O6. The van der Waals surface area contributed by atoms with Gasteiger partial charge in [-0.3, -0.25) is 0 Å². The predicted molar refractivity (Wildman–Crippen MR) is 115 cm³/mol. The minimum Gasteiger partial charge on any atom is -0.477 e. The first kappa shape index (κ1) is 24.4. The molecule has 32 heavy (non-hydrogen) atoms. The minimum absolute atomic E-state index is 0.0751. The second kappa shape index (κ2) is 10.2. The number of amides is 1. The number of aromatic carboxylic acids is 1. The molecule has 178 valence electrons. The van der Waals surface area contributed by atoms with Crippen LogP contribution in [0.2, 0.25) is 5.28 Å². The number of nitrogens with zero attached hydrogens (tertiary/aromatic N) is 3. The van der Waals surface area contributed by atoms with Crippen LogP contribution in [0.25, 0.3) is 0 Å². The van der Waals surface area contributed by atoms with Crippen molar-refractivity contribution in [1.29, 1.82) is 0 Å². The standard InChI is InChI=1S/C20H30ClN5O6/c1-11-15(30-8-6-22-11)14-13(17(27)28)16(25-18(21)24-14)31-10-12-9-26(7-5-23-12)19(29)32-20(2,3)4/h11-12,15,22-23H,5-10H2,1-4H3,(H,27,28)/t11?,12-,15+/m1/s1. The summed E-state index contributed by atoms with van der Waals surface area (Å²) in [5.74, 6) is -1.37. The van der Waals surface area contributed by atoms with E-state index in [2.05, 4.69) is 20.6 Å². The van der Waals surface area contributed by atoms with Crippen molar-refractivity contribution in [3.8, 4) is 5.88 Å². The number of piperazine rings is 1. The molecule has 1 aromatic heterocycles. The average molecular weight is 472 g/mol. The van der Waals surface area contributed by atoms with Crippen molar-refractivity contribution in [3.05, 3.63) is 16.5 Å². The lowest BCUT2D eigenvalue weighted by molar-refractivity contribution is -0.00405. The van der Waals surface area contributed by atoms with Gasteiger partial charge in [0.25, 0.3) is 0 Å². The van der Waals surface area contributed by atoms with Gasteiger partial charge < -0.3 is 34.9 Å². The van der Waals surface area contributed by atoms with E-state index in [1.807, 2.05) is 27.7 Å². The topological polar surface area (TPSA) is 135 Å². The number of halogens is 1. The highest BCUT2D eigenvalue weighted by Gasteiger charge is 2.33. The minimum atomic E-state index is -1.24. The highest BCUT2D eigenvalue weighted by atomic mass is 35.5. The smallest absolute Gasteiger partial charge is 0.410 e. The summed E-state index contributed by atoms with van der Waals surface area (Å²) in [5.41, 5.74) is -0.611. The third-order valence-electron chi connectivity index (χ3n) is 5.01. The summed E-state index contributed by atoms with van der Waals surface area (Å²) in [5, 5.41) is 16.2. The molecule has 3 atom stereocenters. The Morgan fingerprint density at radius 1 is 1.28 bits per heavy atom. The second-order valence-electron chi connectivity index (χ2n) is 8.79. The van der Waals surface area contributed by atoms with E-state index < -0.39 is 23.8 Å². The molecule has 3 heterocycles. The molecule has 1 aromatic rings. The van der Waals surface area contributed by atoms with Crippen molar-refractivity contribution in [3.63, 3.8) is 0 Å². The first-order valence-electron chi connectivity index (χ1n) is 10.5. The number of morpholine rings is 1. The zero-order valence-corrected chi connectivity index (χ0v) is 19.4. The molecule has 3 rings (SSSR count). The largest absolute Gasteiger partial charge is 0.477 e. The first-order valence-corrected chi connectivity index (χ1v) is 10.9. The van der Waals surface area contributed by atoms with Gasteiger partial charge in [-0.05, 0) is 39.3 Å². The molecule has 2 saturated heterocycles. The van der Waals surface area contributed by atoms with Crippen LogP contribution in [-0.4, -0.2) is 89.1 Å². The Hall–Kier alpha value is -2.21. The number of carbonyl (C=O) groups is 2. The van der Waals surface area contributed by atoms with Crippen LogP contribution in [0.4, 0.5) is 4.79 Å². The fraction of sp³-hybridized carbons (Fsp3) is 0.700. The molecule has 1 amide bonds. The Labute approximate surface area is 191 Å². The molecule has 0 aliphatic carbocycles. The summed E-state index contributed by atoms with van der Waals surface area (Å²) in [6, 6.07) is -0.412. The molecule has 2 aliphatic heterocycles. The predicted octanol–water partition coefficient (Wildman–Crippen LogP) is 1.47. The molecule has 2 fully saturated rings. The van der Waals surface area contributed by atoms with Crippen molar-refractivity contribution in [2.45, 2.75) is 51.5 Å². The zero-order valence-electron chi connectivity index (χ0n) is 18.7. The number of nitrogens with one attached hydrogen (secondary N) is 2. The van der Waals surface area contributed by atoms with Gasteiger partial charge in [0, 0.05) is 32.2 Å². The summed E-state index contributed by atoms with van der Waals surface area (Å²) >= 11 is 6.09. The molecule has 0 saturated carbocycles. The van der Waals surface area contributed by atoms with Crippen LogP contribution in [0.5, 0.6) is 5.88 Å². The normalized spacial score (nSPS) is 24.2. The fourth-order valence-electron chi connectivity index (χ4n) is 3.59. The van der Waals surface area contributed by atoms with Gasteiger partial charge in [0.05, 0.1) is 18.3 Å². The molecule has 12 heteroatoms. The van der Waals surface area contributed by atoms with Gasteiger partial charge in [-0.15, -0.1) is 0 Å². The number of carboxylic acids is 1. The Bertz CT molecular complexity index is 849. The van der Waals surface area contributed by atoms with Crippen LogP contribution < -0.4 is 15.4 Å². The van der Waals surface area contributed by atoms with Gasteiger partial charge in [-0.1, -0.05) is 0 Å². The number of carboxylic acid groups (broad SMARTS) is 1. The number of rotatable bonds is 5. The van der Waals surface area contributed by atoms with Crippen LogP contribution in [-0.2, 0) is 9.47 Å². The zero-order chi connectivity index (χ0) is 23.5. The quantitative estimate of drug-likeness (QED) is 0.541. The van der Waals surface area contributed by atoms with Crippen LogP contribution in [0.15, 0.2) is 0 Å². The average Bonchev–Trinajstić information content (AvgIpc) is 2.71. The molecule has 1 unspecified atom stereocenters. The number of hydrogen-bond acceptors (Lipinski definition) is 9. The number of carbonyl (C=O) groups excluding carboxylic acids is 1. The van der Waals surface area contributed by atoms with Crippen LogP contribution in [0, 0.1) is 0 Å². The third-order valence-corrected chi connectivity index (χ3v) is 5.18. The van der Waals surface area contributed by atoms with E-state index in [0.29, 0.717) is 32.8 Å². The van der Waals surface area contributed by atoms with E-state index >= 15 is 0 Å². The van der Waals surface area contributed by atoms with E-state index in [-0.39, 0.29) is 41.1 Å². The summed E-state index contributed by atoms with van der Waals surface area (Å²) < 4.78 is 17.0. The van der Waals surface area contributed by atoms with Gasteiger partial charge in [-0.25, -0.2) is 14.6 Å². The van der Waals surface area contributed by atoms with E-state index in [4.69, 9.17) is 25.8 Å². The van der Waals surface area contributed by atoms with Gasteiger partial charge in [0.2, 0.25) is 11.2 Å². The summed E-state index contributed by atoms with van der Waals surface area (Å²) in [6.45, 7) is 9.84. The van der Waals surface area contributed by atoms with Crippen molar-refractivity contribution in [2.75, 3.05) is 39.4 Å². The first-order chi connectivity index (χ1) is 15.0. The summed E-state index contributed by atoms with van der Waals surface area (Å²) in [6.07, 6.45) is -1.01. The van der Waals surface area contributed by atoms with Crippen LogP contribution in [0.3, 0.4) is 0 Å². The molecule has 3 N–H and O–H groups in total. The van der Waals surface area contributed by atoms with E-state index in [9.17, 15) is 14.7 Å². The fourth-order valence-corrected chi connectivity index (χ4v) is 3.76. The lowest BCUT2D eigenvalue weighted by Gasteiger charge is -2.34.